The Kier molecular flexibility index (Phi) is 4.26. The van der Waals surface area contributed by atoms with Crippen LogP contribution in [0.3, 0.4) is 0 Å². The monoisotopic (exact) mass is 347 g/mol. The fraction of sp³-hybridized carbons (Fsp3) is 0.105. The van der Waals surface area contributed by atoms with E-state index in [9.17, 15) is 0 Å². The number of aromatic nitrogens is 4. The van der Waals surface area contributed by atoms with Gasteiger partial charge >= 0.3 is 0 Å². The quantitative estimate of drug-likeness (QED) is 0.594. The average Bonchev–Trinajstić information content (AvgIpc) is 3.31. The molecular weight excluding hydrogens is 330 g/mol. The first-order valence-electron chi connectivity index (χ1n) is 8.02. The van der Waals surface area contributed by atoms with E-state index in [0.29, 0.717) is 0 Å². The highest BCUT2D eigenvalue weighted by Crippen LogP contribution is 2.31. The smallest absolute Gasteiger partial charge is 0.219 e. The van der Waals surface area contributed by atoms with Crippen molar-refractivity contribution in [1.29, 1.82) is 0 Å². The summed E-state index contributed by atoms with van der Waals surface area (Å²) in [5.74, 6) is 0.273. The van der Waals surface area contributed by atoms with Crippen molar-refractivity contribution >= 4 is 17.3 Å². The van der Waals surface area contributed by atoms with E-state index in [2.05, 4.69) is 49.2 Å². The van der Waals surface area contributed by atoms with E-state index < -0.39 is 0 Å². The number of nitrogen functional groups attached to an aromatic ring is 1. The number of thiophene rings is 1. The average molecular weight is 347 g/mol. The SMILES string of the molecule is Nc1ncc(-c2c(-c3ccccc3)ncn2CCc2cccs2)cn1. The number of imidazole rings is 1. The molecule has 25 heavy (non-hydrogen) atoms. The van der Waals surface area contributed by atoms with Gasteiger partial charge in [-0.15, -0.1) is 11.3 Å². The van der Waals surface area contributed by atoms with Gasteiger partial charge in [-0.3, -0.25) is 0 Å². The highest BCUT2D eigenvalue weighted by Gasteiger charge is 2.15. The second kappa shape index (κ2) is 6.86. The van der Waals surface area contributed by atoms with Crippen LogP contribution in [-0.4, -0.2) is 19.5 Å². The molecule has 4 aromatic rings. The Bertz CT molecular complexity index is 943. The summed E-state index contributed by atoms with van der Waals surface area (Å²) in [6.45, 7) is 0.847. The van der Waals surface area contributed by atoms with Gasteiger partial charge in [0.1, 0.15) is 0 Å². The van der Waals surface area contributed by atoms with Crippen molar-refractivity contribution in [3.05, 3.63) is 71.4 Å². The predicted molar refractivity (Wildman–Crippen MR) is 101 cm³/mol. The van der Waals surface area contributed by atoms with E-state index in [1.807, 2.05) is 24.5 Å². The number of benzene rings is 1. The van der Waals surface area contributed by atoms with Crippen LogP contribution >= 0.6 is 11.3 Å². The maximum atomic E-state index is 5.65. The molecular formula is C19H17N5S. The molecule has 3 heterocycles. The van der Waals surface area contributed by atoms with Crippen LogP contribution in [0, 0.1) is 0 Å². The Morgan fingerprint density at radius 2 is 1.72 bits per heavy atom. The van der Waals surface area contributed by atoms with Gasteiger partial charge in [-0.25, -0.2) is 15.0 Å². The van der Waals surface area contributed by atoms with Crippen LogP contribution < -0.4 is 5.73 Å². The van der Waals surface area contributed by atoms with E-state index in [-0.39, 0.29) is 5.95 Å². The third-order valence-electron chi connectivity index (χ3n) is 4.01. The molecule has 0 spiro atoms. The highest BCUT2D eigenvalue weighted by atomic mass is 32.1. The number of hydrogen-bond donors (Lipinski definition) is 1. The van der Waals surface area contributed by atoms with Crippen molar-refractivity contribution in [3.63, 3.8) is 0 Å². The molecule has 1 aromatic carbocycles. The van der Waals surface area contributed by atoms with Crippen LogP contribution in [0.15, 0.2) is 66.6 Å². The molecule has 0 saturated heterocycles. The van der Waals surface area contributed by atoms with Gasteiger partial charge in [0.25, 0.3) is 0 Å². The highest BCUT2D eigenvalue weighted by molar-refractivity contribution is 7.09. The Labute approximate surface area is 149 Å². The zero-order chi connectivity index (χ0) is 17.1. The molecule has 0 aliphatic heterocycles. The van der Waals surface area contributed by atoms with Gasteiger partial charge in [0, 0.05) is 34.9 Å². The second-order valence-electron chi connectivity index (χ2n) is 5.66. The molecule has 0 atom stereocenters. The first-order chi connectivity index (χ1) is 12.3. The lowest BCUT2D eigenvalue weighted by molar-refractivity contribution is 0.707. The van der Waals surface area contributed by atoms with Gasteiger partial charge in [-0.05, 0) is 17.9 Å². The van der Waals surface area contributed by atoms with Crippen molar-refractivity contribution in [3.8, 4) is 22.5 Å². The van der Waals surface area contributed by atoms with Crippen LogP contribution in [0.4, 0.5) is 5.95 Å². The number of nitrogens with two attached hydrogens (primary N) is 1. The number of rotatable bonds is 5. The minimum absolute atomic E-state index is 0.273. The van der Waals surface area contributed by atoms with Crippen molar-refractivity contribution in [2.45, 2.75) is 13.0 Å². The van der Waals surface area contributed by atoms with Gasteiger partial charge in [0.2, 0.25) is 5.95 Å². The lowest BCUT2D eigenvalue weighted by atomic mass is 10.1. The number of aryl methyl sites for hydroxylation is 2. The third kappa shape index (κ3) is 3.29. The van der Waals surface area contributed by atoms with E-state index in [4.69, 9.17) is 5.73 Å². The lowest BCUT2D eigenvalue weighted by Gasteiger charge is -2.10. The maximum Gasteiger partial charge on any atom is 0.219 e. The summed E-state index contributed by atoms with van der Waals surface area (Å²) in [4.78, 5) is 14.3. The Balaban J connectivity index is 1.76. The molecule has 0 aliphatic rings. The Hall–Kier alpha value is -2.99. The summed E-state index contributed by atoms with van der Waals surface area (Å²) >= 11 is 1.77. The molecule has 2 N–H and O–H groups in total. The van der Waals surface area contributed by atoms with Gasteiger partial charge in [0.05, 0.1) is 17.7 Å². The lowest BCUT2D eigenvalue weighted by Crippen LogP contribution is -2.03. The minimum atomic E-state index is 0.273. The van der Waals surface area contributed by atoms with Crippen LogP contribution in [0.25, 0.3) is 22.5 Å². The fourth-order valence-corrected chi connectivity index (χ4v) is 3.51. The van der Waals surface area contributed by atoms with E-state index >= 15 is 0 Å². The van der Waals surface area contributed by atoms with Crippen LogP contribution in [0.2, 0.25) is 0 Å². The maximum absolute atomic E-state index is 5.65. The van der Waals surface area contributed by atoms with Crippen molar-refractivity contribution in [2.24, 2.45) is 0 Å². The molecule has 3 aromatic heterocycles. The normalized spacial score (nSPS) is 10.9. The summed E-state index contributed by atoms with van der Waals surface area (Å²) in [6, 6.07) is 14.4. The predicted octanol–water partition coefficient (Wildman–Crippen LogP) is 3.89. The molecule has 0 radical (unpaired) electrons. The van der Waals surface area contributed by atoms with Crippen LogP contribution in [0.1, 0.15) is 4.88 Å². The molecule has 5 nitrogen and oxygen atoms in total. The van der Waals surface area contributed by atoms with E-state index in [0.717, 1.165) is 35.5 Å². The molecule has 0 amide bonds. The van der Waals surface area contributed by atoms with E-state index in [1.54, 1.807) is 23.7 Å². The number of nitrogens with zero attached hydrogens (tertiary/aromatic N) is 4. The van der Waals surface area contributed by atoms with Gasteiger partial charge < -0.3 is 10.3 Å². The largest absolute Gasteiger partial charge is 0.368 e. The first-order valence-corrected chi connectivity index (χ1v) is 8.90. The standard InChI is InChI=1S/C19H17N5S/c20-19-21-11-15(12-22-19)18-17(14-5-2-1-3-6-14)23-13-24(18)9-8-16-7-4-10-25-16/h1-7,10-13H,8-9H2,(H2,20,21,22). The topological polar surface area (TPSA) is 69.6 Å². The van der Waals surface area contributed by atoms with Crippen molar-refractivity contribution in [1.82, 2.24) is 19.5 Å². The molecule has 0 saturated carbocycles. The fourth-order valence-electron chi connectivity index (χ4n) is 2.81. The molecule has 6 heteroatoms. The zero-order valence-electron chi connectivity index (χ0n) is 13.5. The minimum Gasteiger partial charge on any atom is -0.368 e. The summed E-state index contributed by atoms with van der Waals surface area (Å²) in [5, 5.41) is 2.10. The number of anilines is 1. The summed E-state index contributed by atoms with van der Waals surface area (Å²) in [6.07, 6.45) is 6.37. The van der Waals surface area contributed by atoms with Crippen molar-refractivity contribution < 1.29 is 0 Å². The van der Waals surface area contributed by atoms with Gasteiger partial charge in [0.15, 0.2) is 0 Å². The molecule has 124 valence electrons. The van der Waals surface area contributed by atoms with E-state index in [1.165, 1.54) is 4.88 Å². The summed E-state index contributed by atoms with van der Waals surface area (Å²) in [5.41, 5.74) is 9.58. The number of hydrogen-bond acceptors (Lipinski definition) is 5. The van der Waals surface area contributed by atoms with Gasteiger partial charge in [-0.1, -0.05) is 36.4 Å². The first kappa shape index (κ1) is 15.5. The Morgan fingerprint density at radius 3 is 2.44 bits per heavy atom. The van der Waals surface area contributed by atoms with Crippen LogP contribution in [0.5, 0.6) is 0 Å². The van der Waals surface area contributed by atoms with Crippen LogP contribution in [-0.2, 0) is 13.0 Å². The molecule has 0 fully saturated rings. The van der Waals surface area contributed by atoms with Gasteiger partial charge in [-0.2, -0.15) is 0 Å². The molecule has 0 unspecified atom stereocenters. The van der Waals surface area contributed by atoms with Crippen molar-refractivity contribution in [2.75, 3.05) is 5.73 Å². The molecule has 4 rings (SSSR count). The zero-order valence-corrected chi connectivity index (χ0v) is 14.4. The Morgan fingerprint density at radius 1 is 0.920 bits per heavy atom. The third-order valence-corrected chi connectivity index (χ3v) is 4.95. The summed E-state index contributed by atoms with van der Waals surface area (Å²) < 4.78 is 2.16. The summed E-state index contributed by atoms with van der Waals surface area (Å²) in [7, 11) is 0. The molecule has 0 aliphatic carbocycles. The molecule has 0 bridgehead atoms. The second-order valence-corrected chi connectivity index (χ2v) is 6.69.